The van der Waals surface area contributed by atoms with E-state index in [1.54, 1.807) is 4.52 Å². The number of nitrogens with zero attached hydrogens (tertiary/aromatic N) is 3. The smallest absolute Gasteiger partial charge is 0.240 e. The fraction of sp³-hybridized carbons (Fsp3) is 0.455. The molecule has 0 saturated heterocycles. The molecule has 16 heavy (non-hydrogen) atoms. The predicted molar refractivity (Wildman–Crippen MR) is 65.1 cm³/mol. The third kappa shape index (κ3) is 1.68. The number of nitrogens with two attached hydrogens (primary N) is 2. The zero-order chi connectivity index (χ0) is 11.7. The predicted octanol–water partition coefficient (Wildman–Crippen LogP) is 1.80. The van der Waals surface area contributed by atoms with Gasteiger partial charge in [-0.3, -0.25) is 0 Å². The van der Waals surface area contributed by atoms with Crippen LogP contribution in [0, 0.1) is 0 Å². The van der Waals surface area contributed by atoms with Crippen molar-refractivity contribution in [2.24, 2.45) is 0 Å². The second-order valence-corrected chi connectivity index (χ2v) is 4.10. The molecule has 0 amide bonds. The highest BCUT2D eigenvalue weighted by molar-refractivity contribution is 5.66. The molecule has 0 saturated carbocycles. The maximum atomic E-state index is 5.79. The Morgan fingerprint density at radius 2 is 2.12 bits per heavy atom. The van der Waals surface area contributed by atoms with E-state index in [9.17, 15) is 0 Å². The summed E-state index contributed by atoms with van der Waals surface area (Å²) >= 11 is 0. The molecular weight excluding hydrogens is 202 g/mol. The van der Waals surface area contributed by atoms with Crippen molar-refractivity contribution < 1.29 is 0 Å². The fourth-order valence-electron chi connectivity index (χ4n) is 2.01. The van der Waals surface area contributed by atoms with Gasteiger partial charge in [0.2, 0.25) is 5.95 Å². The van der Waals surface area contributed by atoms with Crippen LogP contribution in [0.5, 0.6) is 0 Å². The van der Waals surface area contributed by atoms with Gasteiger partial charge in [0.05, 0.1) is 0 Å². The standard InChI is InChI=1S/C11H17N5/c1-3-4-7(2)8-5-6-9-10(12)14-11(13)15-16(8)9/h5-7H,3-4H2,1-2H3,(H4,12,13,14,15). The molecule has 0 bridgehead atoms. The molecule has 5 nitrogen and oxygen atoms in total. The molecule has 2 rings (SSSR count). The van der Waals surface area contributed by atoms with Crippen molar-refractivity contribution in [1.82, 2.24) is 14.6 Å². The van der Waals surface area contributed by atoms with Crippen molar-refractivity contribution in [3.8, 4) is 0 Å². The van der Waals surface area contributed by atoms with Crippen molar-refractivity contribution in [2.45, 2.75) is 32.6 Å². The van der Waals surface area contributed by atoms with Gasteiger partial charge in [0.1, 0.15) is 5.52 Å². The minimum Gasteiger partial charge on any atom is -0.382 e. The lowest BCUT2D eigenvalue weighted by molar-refractivity contribution is 0.628. The number of hydrogen-bond donors (Lipinski definition) is 2. The highest BCUT2D eigenvalue weighted by atomic mass is 15.3. The summed E-state index contributed by atoms with van der Waals surface area (Å²) < 4.78 is 1.80. The van der Waals surface area contributed by atoms with Crippen LogP contribution in [-0.4, -0.2) is 14.6 Å². The third-order valence-electron chi connectivity index (χ3n) is 2.81. The summed E-state index contributed by atoms with van der Waals surface area (Å²) in [5, 5.41) is 4.20. The maximum Gasteiger partial charge on any atom is 0.240 e. The van der Waals surface area contributed by atoms with Gasteiger partial charge in [-0.2, -0.15) is 4.98 Å². The van der Waals surface area contributed by atoms with Crippen LogP contribution >= 0.6 is 0 Å². The van der Waals surface area contributed by atoms with Crippen molar-refractivity contribution in [3.05, 3.63) is 17.8 Å². The van der Waals surface area contributed by atoms with E-state index in [0.717, 1.165) is 24.1 Å². The quantitative estimate of drug-likeness (QED) is 0.824. The van der Waals surface area contributed by atoms with Gasteiger partial charge in [0.25, 0.3) is 0 Å². The molecule has 0 aromatic carbocycles. The highest BCUT2D eigenvalue weighted by Crippen LogP contribution is 2.24. The first-order valence-electron chi connectivity index (χ1n) is 5.54. The lowest BCUT2D eigenvalue weighted by atomic mass is 10.0. The van der Waals surface area contributed by atoms with Gasteiger partial charge in [-0.15, -0.1) is 5.10 Å². The molecule has 2 aromatic heterocycles. The first-order valence-corrected chi connectivity index (χ1v) is 5.54. The Balaban J connectivity index is 2.55. The van der Waals surface area contributed by atoms with E-state index in [0.29, 0.717) is 11.7 Å². The van der Waals surface area contributed by atoms with E-state index >= 15 is 0 Å². The molecule has 1 atom stereocenters. The van der Waals surface area contributed by atoms with Crippen LogP contribution in [0.2, 0.25) is 0 Å². The number of fused-ring (bicyclic) bond motifs is 1. The van der Waals surface area contributed by atoms with Crippen molar-refractivity contribution >= 4 is 17.3 Å². The lowest BCUT2D eigenvalue weighted by Crippen LogP contribution is -2.08. The molecule has 0 aliphatic heterocycles. The molecule has 86 valence electrons. The van der Waals surface area contributed by atoms with Crippen molar-refractivity contribution in [1.29, 1.82) is 0 Å². The van der Waals surface area contributed by atoms with E-state index < -0.39 is 0 Å². The van der Waals surface area contributed by atoms with E-state index in [-0.39, 0.29) is 5.95 Å². The Morgan fingerprint density at radius 3 is 2.81 bits per heavy atom. The molecule has 1 unspecified atom stereocenters. The number of nitrogen functional groups attached to an aromatic ring is 2. The first-order chi connectivity index (χ1) is 7.63. The minimum atomic E-state index is 0.214. The average Bonchev–Trinajstić information content (AvgIpc) is 2.61. The molecular formula is C11H17N5. The number of rotatable bonds is 3. The average molecular weight is 219 g/mol. The molecule has 0 spiro atoms. The summed E-state index contributed by atoms with van der Waals surface area (Å²) in [6.45, 7) is 4.35. The molecule has 2 heterocycles. The van der Waals surface area contributed by atoms with Crippen LogP contribution in [0.1, 0.15) is 38.3 Å². The van der Waals surface area contributed by atoms with Crippen LogP contribution in [0.25, 0.3) is 5.52 Å². The Hall–Kier alpha value is -1.78. The van der Waals surface area contributed by atoms with Gasteiger partial charge in [-0.1, -0.05) is 20.3 Å². The van der Waals surface area contributed by atoms with Crippen LogP contribution in [-0.2, 0) is 0 Å². The Morgan fingerprint density at radius 1 is 1.38 bits per heavy atom. The van der Waals surface area contributed by atoms with Crippen molar-refractivity contribution in [3.63, 3.8) is 0 Å². The molecule has 5 heteroatoms. The Labute approximate surface area is 94.5 Å². The monoisotopic (exact) mass is 219 g/mol. The van der Waals surface area contributed by atoms with E-state index in [4.69, 9.17) is 11.5 Å². The maximum absolute atomic E-state index is 5.79. The topological polar surface area (TPSA) is 82.2 Å². The summed E-state index contributed by atoms with van der Waals surface area (Å²) in [4.78, 5) is 3.94. The highest BCUT2D eigenvalue weighted by Gasteiger charge is 2.12. The second-order valence-electron chi connectivity index (χ2n) is 4.10. The second kappa shape index (κ2) is 4.00. The number of anilines is 2. The molecule has 0 aliphatic rings. The molecule has 0 radical (unpaired) electrons. The van der Waals surface area contributed by atoms with Gasteiger partial charge in [-0.05, 0) is 24.5 Å². The Bertz CT molecular complexity index is 502. The summed E-state index contributed by atoms with van der Waals surface area (Å²) in [5.41, 5.74) is 13.4. The van der Waals surface area contributed by atoms with Gasteiger partial charge in [-0.25, -0.2) is 4.52 Å². The summed E-state index contributed by atoms with van der Waals surface area (Å²) in [6.07, 6.45) is 2.26. The zero-order valence-electron chi connectivity index (χ0n) is 9.64. The minimum absolute atomic E-state index is 0.214. The van der Waals surface area contributed by atoms with Crippen LogP contribution in [0.15, 0.2) is 12.1 Å². The third-order valence-corrected chi connectivity index (χ3v) is 2.81. The number of hydrogen-bond acceptors (Lipinski definition) is 4. The molecule has 0 aliphatic carbocycles. The normalized spacial score (nSPS) is 13.1. The summed E-state index contributed by atoms with van der Waals surface area (Å²) in [6, 6.07) is 3.98. The van der Waals surface area contributed by atoms with E-state index in [2.05, 4.69) is 23.9 Å². The fourth-order valence-corrected chi connectivity index (χ4v) is 2.01. The Kier molecular flexibility index (Phi) is 2.68. The van der Waals surface area contributed by atoms with Gasteiger partial charge in [0.15, 0.2) is 5.82 Å². The van der Waals surface area contributed by atoms with Crippen LogP contribution in [0.3, 0.4) is 0 Å². The molecule has 4 N–H and O–H groups in total. The first kappa shape index (κ1) is 10.7. The van der Waals surface area contributed by atoms with Gasteiger partial charge < -0.3 is 11.5 Å². The SMILES string of the molecule is CCCC(C)c1ccc2c(N)nc(N)nn12. The van der Waals surface area contributed by atoms with Crippen LogP contribution < -0.4 is 11.5 Å². The summed E-state index contributed by atoms with van der Waals surface area (Å²) in [5.74, 6) is 1.09. The molecule has 2 aromatic rings. The summed E-state index contributed by atoms with van der Waals surface area (Å²) in [7, 11) is 0. The van der Waals surface area contributed by atoms with Gasteiger partial charge >= 0.3 is 0 Å². The number of aromatic nitrogens is 3. The zero-order valence-corrected chi connectivity index (χ0v) is 9.64. The largest absolute Gasteiger partial charge is 0.382 e. The van der Waals surface area contributed by atoms with Crippen molar-refractivity contribution in [2.75, 3.05) is 11.5 Å². The van der Waals surface area contributed by atoms with E-state index in [1.807, 2.05) is 12.1 Å². The van der Waals surface area contributed by atoms with E-state index in [1.165, 1.54) is 0 Å². The molecule has 0 fully saturated rings. The van der Waals surface area contributed by atoms with Crippen LogP contribution in [0.4, 0.5) is 11.8 Å². The lowest BCUT2D eigenvalue weighted by Gasteiger charge is -2.10. The van der Waals surface area contributed by atoms with Gasteiger partial charge in [0, 0.05) is 5.69 Å².